The Morgan fingerprint density at radius 3 is 2.71 bits per heavy atom. The van der Waals surface area contributed by atoms with E-state index in [0.29, 0.717) is 37.4 Å². The van der Waals surface area contributed by atoms with E-state index in [4.69, 9.17) is 0 Å². The first kappa shape index (κ1) is 22.1. The van der Waals surface area contributed by atoms with Crippen molar-refractivity contribution in [1.82, 2.24) is 15.1 Å². The second-order valence-electron chi connectivity index (χ2n) is 8.34. The van der Waals surface area contributed by atoms with E-state index in [1.165, 1.54) is 17.0 Å². The normalized spacial score (nSPS) is 22.9. The minimum Gasteiger partial charge on any atom is -0.406 e. The van der Waals surface area contributed by atoms with Crippen LogP contribution in [0.1, 0.15) is 10.4 Å². The van der Waals surface area contributed by atoms with Gasteiger partial charge in [0.15, 0.2) is 0 Å². The molecule has 9 heteroatoms. The van der Waals surface area contributed by atoms with Gasteiger partial charge < -0.3 is 15.0 Å². The molecule has 2 heterocycles. The summed E-state index contributed by atoms with van der Waals surface area (Å²) in [4.78, 5) is 17.7. The third-order valence-electron chi connectivity index (χ3n) is 6.05. The Morgan fingerprint density at radius 2 is 2.03 bits per heavy atom. The zero-order chi connectivity index (χ0) is 22.0. The average Bonchev–Trinajstić information content (AvgIpc) is 3.07. The van der Waals surface area contributed by atoms with Crippen LogP contribution >= 0.6 is 11.3 Å². The van der Waals surface area contributed by atoms with Crippen LogP contribution in [-0.4, -0.2) is 55.3 Å². The van der Waals surface area contributed by atoms with Crippen molar-refractivity contribution in [3.05, 3.63) is 52.2 Å². The molecular weight excluding hydrogens is 427 g/mol. The number of likely N-dealkylation sites (tertiary alicyclic amines) is 1. The SMILES string of the molecule is CN(Cc1cccs1)C(=O)CN1CC2C(CNCc3cccc(OC(F)(F)F)c3)C2C1. The average molecular weight is 454 g/mol. The number of hydrogen-bond donors (Lipinski definition) is 1. The van der Waals surface area contributed by atoms with Gasteiger partial charge in [-0.25, -0.2) is 0 Å². The molecule has 2 aliphatic rings. The van der Waals surface area contributed by atoms with Crippen molar-refractivity contribution in [1.29, 1.82) is 0 Å². The summed E-state index contributed by atoms with van der Waals surface area (Å²) in [6, 6.07) is 10.1. The van der Waals surface area contributed by atoms with Gasteiger partial charge in [0.25, 0.3) is 0 Å². The van der Waals surface area contributed by atoms with Crippen LogP contribution in [0.3, 0.4) is 0 Å². The number of rotatable bonds is 9. The number of fused-ring (bicyclic) bond motifs is 1. The number of thiophene rings is 1. The van der Waals surface area contributed by atoms with Gasteiger partial charge >= 0.3 is 6.36 Å². The molecule has 1 amide bonds. The highest BCUT2D eigenvalue weighted by molar-refractivity contribution is 7.09. The minimum atomic E-state index is -4.68. The maximum absolute atomic E-state index is 12.5. The van der Waals surface area contributed by atoms with Crippen molar-refractivity contribution in [3.63, 3.8) is 0 Å². The molecule has 2 fully saturated rings. The van der Waals surface area contributed by atoms with Crippen LogP contribution in [0, 0.1) is 17.8 Å². The number of halogens is 3. The third kappa shape index (κ3) is 5.99. The van der Waals surface area contributed by atoms with E-state index in [1.54, 1.807) is 28.4 Å². The smallest absolute Gasteiger partial charge is 0.406 e. The number of alkyl halides is 3. The number of carbonyl (C=O) groups excluding carboxylic acids is 1. The standard InChI is InChI=1S/C22H26F3N3O2S/c1-27(11-17-6-3-7-31-17)21(29)14-28-12-19-18(20(19)13-28)10-26-9-15-4-2-5-16(8-15)30-22(23,24)25/h2-8,18-20,26H,9-14H2,1H3. The molecule has 4 rings (SSSR count). The van der Waals surface area contributed by atoms with Crippen LogP contribution in [0.4, 0.5) is 13.2 Å². The molecule has 2 unspecified atom stereocenters. The van der Waals surface area contributed by atoms with Gasteiger partial charge in [0.05, 0.1) is 13.1 Å². The molecule has 1 aromatic carbocycles. The summed E-state index contributed by atoms with van der Waals surface area (Å²) in [6.07, 6.45) is -4.68. The highest BCUT2D eigenvalue weighted by Gasteiger charge is 2.55. The maximum Gasteiger partial charge on any atom is 0.573 e. The first-order valence-corrected chi connectivity index (χ1v) is 11.2. The molecule has 1 aromatic heterocycles. The van der Waals surface area contributed by atoms with Gasteiger partial charge in [-0.3, -0.25) is 9.69 Å². The van der Waals surface area contributed by atoms with Crippen molar-refractivity contribution in [2.45, 2.75) is 19.5 Å². The van der Waals surface area contributed by atoms with E-state index in [9.17, 15) is 18.0 Å². The number of benzene rings is 1. The molecule has 1 aliphatic heterocycles. The monoisotopic (exact) mass is 453 g/mol. The largest absolute Gasteiger partial charge is 0.573 e. The lowest BCUT2D eigenvalue weighted by Crippen LogP contribution is -2.38. The molecule has 1 saturated heterocycles. The number of ether oxygens (including phenoxy) is 1. The minimum absolute atomic E-state index is 0.144. The van der Waals surface area contributed by atoms with E-state index in [0.717, 1.165) is 25.2 Å². The summed E-state index contributed by atoms with van der Waals surface area (Å²) in [5.41, 5.74) is 0.758. The number of nitrogens with one attached hydrogen (secondary N) is 1. The molecule has 168 valence electrons. The van der Waals surface area contributed by atoms with Crippen LogP contribution < -0.4 is 10.1 Å². The molecule has 2 aromatic rings. The molecule has 0 radical (unpaired) electrons. The van der Waals surface area contributed by atoms with Gasteiger partial charge in [-0.1, -0.05) is 18.2 Å². The third-order valence-corrected chi connectivity index (χ3v) is 6.91. The van der Waals surface area contributed by atoms with E-state index < -0.39 is 6.36 Å². The number of hydrogen-bond acceptors (Lipinski definition) is 5. The summed E-state index contributed by atoms with van der Waals surface area (Å²) < 4.78 is 41.0. The van der Waals surface area contributed by atoms with Crippen LogP contribution in [0.5, 0.6) is 5.75 Å². The van der Waals surface area contributed by atoms with Crippen LogP contribution in [0.15, 0.2) is 41.8 Å². The van der Waals surface area contributed by atoms with Gasteiger partial charge in [0, 0.05) is 31.6 Å². The van der Waals surface area contributed by atoms with Gasteiger partial charge in [0.1, 0.15) is 5.75 Å². The maximum atomic E-state index is 12.5. The van der Waals surface area contributed by atoms with Crippen LogP contribution in [0.25, 0.3) is 0 Å². The fourth-order valence-electron chi connectivity index (χ4n) is 4.44. The molecule has 5 nitrogen and oxygen atoms in total. The predicted molar refractivity (Wildman–Crippen MR) is 113 cm³/mol. The zero-order valence-corrected chi connectivity index (χ0v) is 18.1. The van der Waals surface area contributed by atoms with E-state index in [1.807, 2.05) is 24.6 Å². The van der Waals surface area contributed by atoms with Gasteiger partial charge in [-0.05, 0) is 53.4 Å². The van der Waals surface area contributed by atoms with E-state index in [2.05, 4.69) is 15.0 Å². The summed E-state index contributed by atoms with van der Waals surface area (Å²) in [6.45, 7) is 4.31. The molecule has 1 N–H and O–H groups in total. The van der Waals surface area contributed by atoms with Crippen molar-refractivity contribution < 1.29 is 22.7 Å². The number of piperidine rings is 1. The lowest BCUT2D eigenvalue weighted by atomic mass is 10.2. The first-order valence-electron chi connectivity index (χ1n) is 10.3. The highest BCUT2D eigenvalue weighted by atomic mass is 32.1. The van der Waals surface area contributed by atoms with Gasteiger partial charge in [0.2, 0.25) is 5.91 Å². The summed E-state index contributed by atoms with van der Waals surface area (Å²) in [5.74, 6) is 1.72. The Morgan fingerprint density at radius 1 is 1.26 bits per heavy atom. The van der Waals surface area contributed by atoms with Gasteiger partial charge in [-0.2, -0.15) is 0 Å². The predicted octanol–water partition coefficient (Wildman–Crippen LogP) is 3.57. The lowest BCUT2D eigenvalue weighted by Gasteiger charge is -2.23. The molecule has 31 heavy (non-hydrogen) atoms. The van der Waals surface area contributed by atoms with Gasteiger partial charge in [-0.15, -0.1) is 24.5 Å². The Bertz CT molecular complexity index is 878. The first-order chi connectivity index (χ1) is 14.8. The van der Waals surface area contributed by atoms with E-state index >= 15 is 0 Å². The molecule has 1 saturated carbocycles. The zero-order valence-electron chi connectivity index (χ0n) is 17.3. The molecule has 0 bridgehead atoms. The Labute approximate surface area is 183 Å². The number of likely N-dealkylation sites (N-methyl/N-ethyl adjacent to an activating group) is 1. The number of nitrogens with zero attached hydrogens (tertiary/aromatic N) is 2. The van der Waals surface area contributed by atoms with Crippen molar-refractivity contribution in [2.75, 3.05) is 33.2 Å². The summed E-state index contributed by atoms with van der Waals surface area (Å²) >= 11 is 1.66. The Balaban J connectivity index is 1.15. The highest BCUT2D eigenvalue weighted by Crippen LogP contribution is 2.51. The summed E-state index contributed by atoms with van der Waals surface area (Å²) in [7, 11) is 1.85. The number of carbonyl (C=O) groups is 1. The number of amides is 1. The fourth-order valence-corrected chi connectivity index (χ4v) is 5.20. The quantitative estimate of drug-likeness (QED) is 0.631. The summed E-state index contributed by atoms with van der Waals surface area (Å²) in [5, 5.41) is 5.37. The van der Waals surface area contributed by atoms with Crippen molar-refractivity contribution >= 4 is 17.2 Å². The lowest BCUT2D eigenvalue weighted by molar-refractivity contribution is -0.274. The van der Waals surface area contributed by atoms with Crippen molar-refractivity contribution in [3.8, 4) is 5.75 Å². The second kappa shape index (κ2) is 9.18. The topological polar surface area (TPSA) is 44.8 Å². The molecule has 1 aliphatic carbocycles. The van der Waals surface area contributed by atoms with Crippen molar-refractivity contribution in [2.24, 2.45) is 17.8 Å². The second-order valence-corrected chi connectivity index (χ2v) is 9.37. The van der Waals surface area contributed by atoms with E-state index in [-0.39, 0.29) is 11.7 Å². The Kier molecular flexibility index (Phi) is 6.55. The molecular formula is C22H26F3N3O2S. The van der Waals surface area contributed by atoms with Crippen LogP contribution in [-0.2, 0) is 17.9 Å². The molecule has 2 atom stereocenters. The van der Waals surface area contributed by atoms with Crippen LogP contribution in [0.2, 0.25) is 0 Å². The Hall–Kier alpha value is -2.10. The fraction of sp³-hybridized carbons (Fsp3) is 0.500. The molecule has 0 spiro atoms.